The second kappa shape index (κ2) is 11.1. The van der Waals surface area contributed by atoms with Crippen LogP contribution in [0.1, 0.15) is 23.7 Å². The molecule has 0 aliphatic carbocycles. The molecular weight excluding hydrogens is 358 g/mol. The Morgan fingerprint density at radius 1 is 1.15 bits per heavy atom. The van der Waals surface area contributed by atoms with Crippen LogP contribution in [0.2, 0.25) is 0 Å². The molecule has 150 valence electrons. The number of carboxylic acids is 2. The molecule has 2 atom stereocenters. The highest BCUT2D eigenvalue weighted by Gasteiger charge is 2.29. The first-order valence-corrected chi connectivity index (χ1v) is 8.37. The summed E-state index contributed by atoms with van der Waals surface area (Å²) in [6.07, 6.45) is 1.27. The number of esters is 1. The zero-order valence-electron chi connectivity index (χ0n) is 15.6. The van der Waals surface area contributed by atoms with Gasteiger partial charge >= 0.3 is 17.9 Å². The minimum absolute atomic E-state index is 0.287. The van der Waals surface area contributed by atoms with Crippen molar-refractivity contribution in [3.05, 3.63) is 29.8 Å². The van der Waals surface area contributed by atoms with Crippen LogP contribution in [0.25, 0.3) is 0 Å². The third-order valence-electron chi connectivity index (χ3n) is 3.97. The van der Waals surface area contributed by atoms with Gasteiger partial charge in [-0.25, -0.2) is 14.4 Å². The lowest BCUT2D eigenvalue weighted by Crippen LogP contribution is -2.30. The maximum Gasteiger partial charge on any atom is 0.414 e. The molecule has 0 aromatic heterocycles. The Balaban J connectivity index is 0.000000527. The lowest BCUT2D eigenvalue weighted by Gasteiger charge is -2.19. The Hall–Kier alpha value is -2.65. The number of carbonyl (C=O) groups is 3. The average Bonchev–Trinajstić information content (AvgIpc) is 3.01. The molecular formula is C18H25NO8. The SMILES string of the molecule is CCOC(=O)c1ccc(OC[C@@H]2C[C@H](OC)CN2C)cc1.O=C(O)C(=O)O. The number of likely N-dealkylation sites (N-methyl/N-ethyl adjacent to an activating group) is 1. The number of methoxy groups -OCH3 is 1. The van der Waals surface area contributed by atoms with Crippen LogP contribution in [0.3, 0.4) is 0 Å². The van der Waals surface area contributed by atoms with Gasteiger partial charge in [-0.1, -0.05) is 0 Å². The Morgan fingerprint density at radius 2 is 1.74 bits per heavy atom. The fraction of sp³-hybridized carbons (Fsp3) is 0.500. The number of hydrogen-bond acceptors (Lipinski definition) is 7. The number of ether oxygens (including phenoxy) is 3. The molecule has 0 spiro atoms. The van der Waals surface area contributed by atoms with Crippen molar-refractivity contribution in [2.24, 2.45) is 0 Å². The van der Waals surface area contributed by atoms with Crippen molar-refractivity contribution >= 4 is 17.9 Å². The topological polar surface area (TPSA) is 123 Å². The molecule has 0 saturated carbocycles. The van der Waals surface area contributed by atoms with Crippen molar-refractivity contribution in [3.8, 4) is 5.75 Å². The molecule has 1 fully saturated rings. The second-order valence-corrected chi connectivity index (χ2v) is 5.85. The zero-order chi connectivity index (χ0) is 20.4. The minimum Gasteiger partial charge on any atom is -0.492 e. The van der Waals surface area contributed by atoms with E-state index in [1.165, 1.54) is 0 Å². The molecule has 27 heavy (non-hydrogen) atoms. The van der Waals surface area contributed by atoms with Crippen LogP contribution in [0, 0.1) is 0 Å². The van der Waals surface area contributed by atoms with Gasteiger partial charge in [-0.15, -0.1) is 0 Å². The Labute approximate surface area is 157 Å². The lowest BCUT2D eigenvalue weighted by atomic mass is 10.2. The summed E-state index contributed by atoms with van der Waals surface area (Å²) < 4.78 is 16.1. The van der Waals surface area contributed by atoms with Crippen molar-refractivity contribution < 1.29 is 38.8 Å². The van der Waals surface area contributed by atoms with E-state index in [9.17, 15) is 4.79 Å². The second-order valence-electron chi connectivity index (χ2n) is 5.85. The summed E-state index contributed by atoms with van der Waals surface area (Å²) in [4.78, 5) is 32.0. The molecule has 1 aliphatic rings. The largest absolute Gasteiger partial charge is 0.492 e. The summed E-state index contributed by atoms with van der Waals surface area (Å²) >= 11 is 0. The molecule has 0 radical (unpaired) electrons. The van der Waals surface area contributed by atoms with Crippen LogP contribution in [-0.4, -0.2) is 79.1 Å². The van der Waals surface area contributed by atoms with Crippen molar-refractivity contribution in [3.63, 3.8) is 0 Å². The number of rotatable bonds is 6. The van der Waals surface area contributed by atoms with Crippen LogP contribution in [0.15, 0.2) is 24.3 Å². The molecule has 9 heteroatoms. The van der Waals surface area contributed by atoms with Crippen LogP contribution in [0.4, 0.5) is 0 Å². The van der Waals surface area contributed by atoms with Gasteiger partial charge in [0.25, 0.3) is 0 Å². The van der Waals surface area contributed by atoms with E-state index in [0.29, 0.717) is 24.8 Å². The molecule has 1 aromatic carbocycles. The molecule has 0 bridgehead atoms. The summed E-state index contributed by atoms with van der Waals surface area (Å²) in [6.45, 7) is 3.73. The third kappa shape index (κ3) is 7.63. The van der Waals surface area contributed by atoms with E-state index >= 15 is 0 Å². The first kappa shape index (κ1) is 22.4. The first-order valence-electron chi connectivity index (χ1n) is 8.37. The normalized spacial score (nSPS) is 18.9. The van der Waals surface area contributed by atoms with Gasteiger partial charge in [0.15, 0.2) is 0 Å². The average molecular weight is 383 g/mol. The number of hydrogen-bond donors (Lipinski definition) is 2. The van der Waals surface area contributed by atoms with E-state index < -0.39 is 11.9 Å². The highest BCUT2D eigenvalue weighted by Crippen LogP contribution is 2.20. The number of carbonyl (C=O) groups excluding carboxylic acids is 1. The minimum atomic E-state index is -1.82. The van der Waals surface area contributed by atoms with Crippen molar-refractivity contribution in [1.82, 2.24) is 4.90 Å². The van der Waals surface area contributed by atoms with Gasteiger partial charge in [0.2, 0.25) is 0 Å². The molecule has 1 aliphatic heterocycles. The van der Waals surface area contributed by atoms with E-state index in [2.05, 4.69) is 11.9 Å². The van der Waals surface area contributed by atoms with Gasteiger partial charge in [0.05, 0.1) is 18.3 Å². The standard InChI is InChI=1S/C16H23NO4.C2H2O4/c1-4-20-16(18)12-5-7-14(8-6-12)21-11-13-9-15(19-3)10-17(13)2;3-1(4)2(5)6/h5-8,13,15H,4,9-11H2,1-3H3;(H,3,4)(H,5,6)/t13-,15-;/m0./s1. The quantitative estimate of drug-likeness (QED) is 0.549. The van der Waals surface area contributed by atoms with Gasteiger partial charge in [-0.2, -0.15) is 0 Å². The van der Waals surface area contributed by atoms with E-state index in [4.69, 9.17) is 34.0 Å². The van der Waals surface area contributed by atoms with Crippen LogP contribution >= 0.6 is 0 Å². The molecule has 1 heterocycles. The maximum absolute atomic E-state index is 11.6. The summed E-state index contributed by atoms with van der Waals surface area (Å²) in [5, 5.41) is 14.8. The van der Waals surface area contributed by atoms with Crippen LogP contribution < -0.4 is 4.74 Å². The summed E-state index contributed by atoms with van der Waals surface area (Å²) in [7, 11) is 3.83. The summed E-state index contributed by atoms with van der Waals surface area (Å²) in [6, 6.07) is 7.41. The van der Waals surface area contributed by atoms with E-state index in [1.54, 1.807) is 38.3 Å². The smallest absolute Gasteiger partial charge is 0.414 e. The Kier molecular flexibility index (Phi) is 9.24. The van der Waals surface area contributed by atoms with E-state index in [0.717, 1.165) is 18.7 Å². The predicted molar refractivity (Wildman–Crippen MR) is 95.0 cm³/mol. The number of benzene rings is 1. The molecule has 1 saturated heterocycles. The number of nitrogens with zero attached hydrogens (tertiary/aromatic N) is 1. The molecule has 0 unspecified atom stereocenters. The van der Waals surface area contributed by atoms with Crippen LogP contribution in [-0.2, 0) is 19.1 Å². The molecule has 9 nitrogen and oxygen atoms in total. The molecule has 1 aromatic rings. The summed E-state index contributed by atoms with van der Waals surface area (Å²) in [5.41, 5.74) is 0.543. The number of likely N-dealkylation sites (tertiary alicyclic amines) is 1. The van der Waals surface area contributed by atoms with Crippen molar-refractivity contribution in [2.45, 2.75) is 25.5 Å². The fourth-order valence-electron chi connectivity index (χ4n) is 2.49. The lowest BCUT2D eigenvalue weighted by molar-refractivity contribution is -0.159. The third-order valence-corrected chi connectivity index (χ3v) is 3.97. The van der Waals surface area contributed by atoms with Gasteiger partial charge in [0.1, 0.15) is 12.4 Å². The van der Waals surface area contributed by atoms with Gasteiger partial charge < -0.3 is 24.4 Å². The van der Waals surface area contributed by atoms with E-state index in [1.807, 2.05) is 0 Å². The highest BCUT2D eigenvalue weighted by molar-refractivity contribution is 6.27. The van der Waals surface area contributed by atoms with Gasteiger partial charge in [-0.05, 0) is 44.7 Å². The molecule has 0 amide bonds. The highest BCUT2D eigenvalue weighted by atomic mass is 16.5. The number of carboxylic acid groups (broad SMARTS) is 2. The Bertz CT molecular complexity index is 619. The number of aliphatic carboxylic acids is 2. The van der Waals surface area contributed by atoms with E-state index in [-0.39, 0.29) is 12.1 Å². The fourth-order valence-corrected chi connectivity index (χ4v) is 2.49. The first-order chi connectivity index (χ1) is 12.8. The van der Waals surface area contributed by atoms with Crippen LogP contribution in [0.5, 0.6) is 5.75 Å². The zero-order valence-corrected chi connectivity index (χ0v) is 15.6. The predicted octanol–water partition coefficient (Wildman–Crippen LogP) is 1.12. The molecule has 2 rings (SSSR count). The van der Waals surface area contributed by atoms with Gasteiger partial charge in [-0.3, -0.25) is 4.90 Å². The summed E-state index contributed by atoms with van der Waals surface area (Å²) in [5.74, 6) is -3.19. The van der Waals surface area contributed by atoms with Crippen molar-refractivity contribution in [2.75, 3.05) is 33.9 Å². The van der Waals surface area contributed by atoms with Gasteiger partial charge in [0, 0.05) is 19.7 Å². The van der Waals surface area contributed by atoms with Crippen molar-refractivity contribution in [1.29, 1.82) is 0 Å². The monoisotopic (exact) mass is 383 g/mol. The molecule has 2 N–H and O–H groups in total. The Morgan fingerprint density at radius 3 is 2.19 bits per heavy atom. The maximum atomic E-state index is 11.6.